The van der Waals surface area contributed by atoms with Gasteiger partial charge in [0, 0.05) is 109 Å². The Morgan fingerprint density at radius 3 is 1.18 bits per heavy atom. The molecule has 6 aromatic carbocycles. The third-order valence-electron chi connectivity index (χ3n) is 11.8. The summed E-state index contributed by atoms with van der Waals surface area (Å²) in [6.07, 6.45) is 7.81. The third kappa shape index (κ3) is 19.1. The van der Waals surface area contributed by atoms with Crippen molar-refractivity contribution >= 4 is 80.5 Å². The van der Waals surface area contributed by atoms with Gasteiger partial charge in [0.05, 0.1) is 43.1 Å². The van der Waals surface area contributed by atoms with Crippen LogP contribution in [0.4, 0.5) is 0 Å². The molecule has 0 bridgehead atoms. The molecule has 0 aliphatic rings. The van der Waals surface area contributed by atoms with E-state index in [1.807, 2.05) is 134 Å². The first-order valence-electron chi connectivity index (χ1n) is 27.2. The molecule has 12 aromatic rings. The number of aliphatic hydroxyl groups excluding tert-OH is 2. The molecule has 0 atom stereocenters. The van der Waals surface area contributed by atoms with Crippen LogP contribution in [0.2, 0.25) is 39.3 Å². The number of benzene rings is 6. The van der Waals surface area contributed by atoms with Crippen LogP contribution >= 0.6 is 0 Å². The van der Waals surface area contributed by atoms with Crippen LogP contribution in [0.1, 0.15) is 14.8 Å². The first kappa shape index (κ1) is 65.9. The number of aliphatic hydroxyl groups is 2. The van der Waals surface area contributed by atoms with Gasteiger partial charge < -0.3 is 38.6 Å². The molecule has 82 heavy (non-hydrogen) atoms. The van der Waals surface area contributed by atoms with Gasteiger partial charge in [-0.1, -0.05) is 176 Å². The van der Waals surface area contributed by atoms with E-state index >= 15 is 0 Å². The molecule has 0 spiro atoms. The molecule has 0 aliphatic carbocycles. The molecule has 0 fully saturated rings. The van der Waals surface area contributed by atoms with Crippen molar-refractivity contribution in [3.05, 3.63) is 231 Å². The van der Waals surface area contributed by atoms with Crippen molar-refractivity contribution in [1.82, 2.24) is 19.9 Å². The van der Waals surface area contributed by atoms with Gasteiger partial charge in [-0.3, -0.25) is 4.98 Å². The number of nitrogens with zero attached hydrogens (tertiary/aromatic N) is 4. The minimum absolute atomic E-state index is 0. The fourth-order valence-corrected chi connectivity index (χ4v) is 11.7. The number of hydrogen-bond acceptors (Lipinski definition) is 11. The van der Waals surface area contributed by atoms with E-state index < -0.39 is 26.3 Å². The van der Waals surface area contributed by atoms with Crippen LogP contribution in [0.15, 0.2) is 222 Å². The van der Waals surface area contributed by atoms with Gasteiger partial charge in [-0.25, -0.2) is 8.42 Å². The van der Waals surface area contributed by atoms with Gasteiger partial charge in [0.25, 0.3) is 0 Å². The quantitative estimate of drug-likeness (QED) is 0.0920. The van der Waals surface area contributed by atoms with Gasteiger partial charge in [-0.05, 0) is 59.5 Å². The second-order valence-corrected chi connectivity index (χ2v) is 30.9. The van der Waals surface area contributed by atoms with Crippen molar-refractivity contribution in [2.45, 2.75) is 46.7 Å². The molecule has 0 saturated carbocycles. The zero-order chi connectivity index (χ0) is 61.0. The first-order valence-corrected chi connectivity index (χ1v) is 34.1. The largest absolute Gasteiger partial charge is 0.748 e. The van der Waals surface area contributed by atoms with Crippen LogP contribution < -0.4 is 10.4 Å². The van der Waals surface area contributed by atoms with Crippen molar-refractivity contribution < 1.29 is 79.6 Å². The summed E-state index contributed by atoms with van der Waals surface area (Å²) < 4.78 is 59.7. The Hall–Kier alpha value is -6.92. The van der Waals surface area contributed by atoms with Gasteiger partial charge in [0.15, 0.2) is 0 Å². The second kappa shape index (κ2) is 33.3. The van der Waals surface area contributed by atoms with Crippen LogP contribution in [0.3, 0.4) is 0 Å². The fourth-order valence-electron chi connectivity index (χ4n) is 8.45. The summed E-state index contributed by atoms with van der Waals surface area (Å²) in [5.41, 5.74) is 11.5. The molecular weight excluding hydrogens is 1430 g/mol. The summed E-state index contributed by atoms with van der Waals surface area (Å²) in [7, 11) is -4.84. The van der Waals surface area contributed by atoms with Crippen LogP contribution in [-0.4, -0.2) is 79.7 Å². The molecule has 12 rings (SSSR count). The molecule has 436 valence electrons. The van der Waals surface area contributed by atoms with Crippen molar-refractivity contribution in [2.75, 3.05) is 20.5 Å². The SMILES string of the molecule is C.CO.CO.CS(=O)(=O)[O-].C[Si](C)(C)c1cccc2oc3c(-c4ccccn4)[c-]ccc3c12.C[Si](C)(C)c1cccc2oc3c(-c4ccccn4)[c-]ccc3c12.[2HH].[2H][2H].[2H][2H].[Ir].[Ir].[c-]1ccccc1-c1ccccn1.c1ccc(-c2ccccn2)cc1. The van der Waals surface area contributed by atoms with E-state index in [-0.39, 0.29) is 49.1 Å². The van der Waals surface area contributed by atoms with Crippen LogP contribution in [0, 0.1) is 18.2 Å². The summed E-state index contributed by atoms with van der Waals surface area (Å²) in [6.45, 7) is 14.2. The predicted molar refractivity (Wildman–Crippen MR) is 341 cm³/mol. The predicted octanol–water partition coefficient (Wildman–Crippen LogP) is 15.0. The number of fused-ring (bicyclic) bond motifs is 6. The Balaban J connectivity index is 0.00000108. The zero-order valence-electron chi connectivity index (χ0n) is 50.5. The first-order chi connectivity index (χ1) is 40.0. The minimum Gasteiger partial charge on any atom is -0.748 e. The van der Waals surface area contributed by atoms with E-state index in [4.69, 9.17) is 38.0 Å². The van der Waals surface area contributed by atoms with E-state index in [0.29, 0.717) is 6.26 Å². The van der Waals surface area contributed by atoms with Crippen molar-refractivity contribution in [3.63, 3.8) is 0 Å². The summed E-state index contributed by atoms with van der Waals surface area (Å²) in [4.78, 5) is 17.4. The van der Waals surface area contributed by atoms with E-state index in [0.717, 1.165) is 92.4 Å². The molecular formula is C66H74Ir2N4O7SSi2-4. The van der Waals surface area contributed by atoms with E-state index in [2.05, 4.69) is 138 Å². The number of pyridine rings is 4. The summed E-state index contributed by atoms with van der Waals surface area (Å²) >= 11 is 0. The van der Waals surface area contributed by atoms with Crippen LogP contribution in [-0.2, 0) is 50.3 Å². The maximum absolute atomic E-state index is 9.08. The molecule has 0 aliphatic heterocycles. The molecule has 16 heteroatoms. The summed E-state index contributed by atoms with van der Waals surface area (Å²) in [5, 5.41) is 21.7. The van der Waals surface area contributed by atoms with E-state index in [1.54, 1.807) is 18.6 Å². The van der Waals surface area contributed by atoms with E-state index in [9.17, 15) is 0 Å². The zero-order valence-corrected chi connectivity index (χ0v) is 54.1. The maximum Gasteiger partial charge on any atom is 0.120 e. The Morgan fingerprint density at radius 2 is 0.829 bits per heavy atom. The molecule has 2 N–H and O–H groups in total. The third-order valence-corrected chi connectivity index (χ3v) is 15.8. The van der Waals surface area contributed by atoms with Crippen molar-refractivity contribution in [2.24, 2.45) is 0 Å². The molecule has 6 heterocycles. The van der Waals surface area contributed by atoms with Gasteiger partial charge in [0.1, 0.15) is 11.2 Å². The topological polar surface area (TPSA) is 175 Å². The molecule has 0 saturated heterocycles. The number of furan rings is 2. The molecule has 6 aromatic heterocycles. The summed E-state index contributed by atoms with van der Waals surface area (Å²) in [6, 6.07) is 72.3. The Morgan fingerprint density at radius 1 is 0.463 bits per heavy atom. The Labute approximate surface area is 519 Å². The van der Waals surface area contributed by atoms with Gasteiger partial charge in [-0.2, -0.15) is 0 Å². The molecule has 11 nitrogen and oxygen atoms in total. The minimum atomic E-state index is -3.92. The smallest absolute Gasteiger partial charge is 0.120 e. The van der Waals surface area contributed by atoms with Gasteiger partial charge in [-0.15, -0.1) is 72.3 Å². The van der Waals surface area contributed by atoms with Crippen molar-refractivity contribution in [3.8, 4) is 45.0 Å². The van der Waals surface area contributed by atoms with Crippen molar-refractivity contribution in [1.29, 1.82) is 0 Å². The average Bonchev–Trinajstić information content (AvgIpc) is 3.33. The standard InChI is InChI=1S/2C20H18NOSi.C11H9N.C11H8N.CH4O3S.2CH4O.CH4.2Ir.3H2/c2*1-23(2,3)18-12-7-11-17-19(18)15-9-6-8-14(20(15)22-17)16-10-4-5-13-21-16;2*1-2-6-10(7-3-1)11-8-4-5-9-12-11;1-5(2,3)4;2*1-2;;;;;;/h2*4-7,9-13H,1-3H3;1-9H;1-6,8-9H;1H3,(H,2,3,4);2*2H,1H3;1H4;;;3*1H/q2*-1;;-1;;;;;;;;;/p-1/i;;;;;;;;;;2*1+1D;1+1. The average molecular weight is 1510 g/mol. The van der Waals surface area contributed by atoms with Crippen LogP contribution in [0.25, 0.3) is 88.9 Å². The molecule has 2 radical (unpaired) electrons. The van der Waals surface area contributed by atoms with Gasteiger partial charge >= 0.3 is 0 Å². The Bertz CT molecular complexity index is 3590. The Kier molecular flexibility index (Phi) is 26.7. The van der Waals surface area contributed by atoms with E-state index in [1.165, 1.54) is 21.1 Å². The number of aromatic nitrogens is 4. The normalized spacial score (nSPS) is 10.7. The monoisotopic (exact) mass is 1510 g/mol. The number of hydrogen-bond donors (Lipinski definition) is 2. The second-order valence-electron chi connectivity index (χ2n) is 19.5. The van der Waals surface area contributed by atoms with Gasteiger partial charge in [0.2, 0.25) is 0 Å². The van der Waals surface area contributed by atoms with Crippen LogP contribution in [0.5, 0.6) is 0 Å². The fraction of sp³-hybridized carbons (Fsp3) is 0.152. The molecule has 0 unspecified atom stereocenters. The number of rotatable bonds is 6. The summed E-state index contributed by atoms with van der Waals surface area (Å²) in [5.74, 6) is 0. The maximum atomic E-state index is 9.08. The molecule has 0 amide bonds.